The van der Waals surface area contributed by atoms with Crippen LogP contribution in [0.1, 0.15) is 43.0 Å². The Bertz CT molecular complexity index is 812. The molecular weight excluding hydrogens is 384 g/mol. The minimum absolute atomic E-state index is 0.0657. The van der Waals surface area contributed by atoms with Gasteiger partial charge < -0.3 is 0 Å². The van der Waals surface area contributed by atoms with Crippen LogP contribution >= 0.6 is 18.6 Å². The first-order valence-corrected chi connectivity index (χ1v) is 15.9. The number of rotatable bonds is 4. The van der Waals surface area contributed by atoms with Crippen molar-refractivity contribution in [3.05, 3.63) is 71.3 Å². The van der Waals surface area contributed by atoms with Crippen LogP contribution in [0.15, 0.2) is 60.2 Å². The number of hydrogen-bond acceptors (Lipinski definition) is 1. The molecule has 0 spiro atoms. The molecule has 0 amide bonds. The van der Waals surface area contributed by atoms with Gasteiger partial charge in [-0.1, -0.05) is 0 Å². The maximum atomic E-state index is 7.55. The average Bonchev–Trinajstić information content (AvgIpc) is 2.82. The van der Waals surface area contributed by atoms with E-state index >= 15 is 0 Å². The Morgan fingerprint density at radius 3 is 2.20 bits per heavy atom. The van der Waals surface area contributed by atoms with Gasteiger partial charge in [0.15, 0.2) is 0 Å². The molecule has 1 unspecified atom stereocenters. The van der Waals surface area contributed by atoms with Crippen LogP contribution in [0.2, 0.25) is 0 Å². The number of allylic oxidation sites excluding steroid dienone is 1. The molecule has 0 aromatic heterocycles. The van der Waals surface area contributed by atoms with Crippen molar-refractivity contribution in [1.29, 1.82) is 0 Å². The third kappa shape index (κ3) is 4.10. The molecule has 131 valence electrons. The number of benzene rings is 2. The minimum atomic E-state index is -4.23. The first kappa shape index (κ1) is 19.3. The van der Waals surface area contributed by atoms with Gasteiger partial charge in [-0.3, -0.25) is 0 Å². The molecular formula is C20H25BCl2NTi. The Labute approximate surface area is 160 Å². The molecule has 25 heavy (non-hydrogen) atoms. The summed E-state index contributed by atoms with van der Waals surface area (Å²) in [5.41, 5.74) is 5.49. The van der Waals surface area contributed by atoms with Crippen LogP contribution in [0.5, 0.6) is 0 Å². The molecule has 1 aliphatic rings. The van der Waals surface area contributed by atoms with E-state index in [0.717, 1.165) is 0 Å². The zero-order chi connectivity index (χ0) is 18.3. The predicted molar refractivity (Wildman–Crippen MR) is 111 cm³/mol. The topological polar surface area (TPSA) is 12.0 Å². The van der Waals surface area contributed by atoms with Crippen molar-refractivity contribution in [1.82, 2.24) is 3.80 Å². The molecule has 0 radical (unpaired) electrons. The summed E-state index contributed by atoms with van der Waals surface area (Å²) in [6.45, 7) is 8.59. The Morgan fingerprint density at radius 2 is 1.56 bits per heavy atom. The van der Waals surface area contributed by atoms with E-state index in [0.29, 0.717) is 5.46 Å². The van der Waals surface area contributed by atoms with Gasteiger partial charge in [0.25, 0.3) is 0 Å². The molecule has 2 aromatic rings. The van der Waals surface area contributed by atoms with Crippen LogP contribution < -0.4 is 9.26 Å². The molecule has 1 N–H and O–H groups in total. The summed E-state index contributed by atoms with van der Waals surface area (Å²) in [6.07, 6.45) is 2.24. The van der Waals surface area contributed by atoms with E-state index < -0.39 is 13.2 Å². The maximum absolute atomic E-state index is 7.55. The van der Waals surface area contributed by atoms with Gasteiger partial charge in [0, 0.05) is 0 Å². The monoisotopic (exact) mass is 408 g/mol. The molecule has 1 atom stereocenters. The summed E-state index contributed by atoms with van der Waals surface area (Å²) in [5, 5.41) is 0. The van der Waals surface area contributed by atoms with E-state index in [1.807, 2.05) is 6.07 Å². The molecule has 1 nitrogen and oxygen atoms in total. The molecule has 5 heteroatoms. The summed E-state index contributed by atoms with van der Waals surface area (Å²) in [4.78, 5) is 0. The number of halogens is 2. The van der Waals surface area contributed by atoms with Gasteiger partial charge in [0.05, 0.1) is 0 Å². The summed E-state index contributed by atoms with van der Waals surface area (Å²) in [7, 11) is 15.1. The SMILES string of the molecule is CC1=Cc2ccccc2[CH]1[Ti]([Cl])([Cl])([BH]c1ccccc1)[NH]C(C)(C)C. The zero-order valence-corrected chi connectivity index (χ0v) is 18.4. The molecule has 0 saturated carbocycles. The van der Waals surface area contributed by atoms with Gasteiger partial charge in [0.1, 0.15) is 0 Å². The fraction of sp³-hybridized carbons (Fsp3) is 0.300. The molecule has 0 saturated heterocycles. The standard InChI is InChI=1S/C10H9.C6H6B.C4H10N.2ClH.Ti/c1-8-6-9-4-2-3-5-10(9)7-8;7-6-4-2-1-3-5-6;1-4(2,3)5;;;/h2-7H,1H3;1-5,7H;5H,1-3H3;2*1H;/q;+1;-1;;;+2/p-2. The average molecular weight is 409 g/mol. The van der Waals surface area contributed by atoms with Gasteiger partial charge in [-0.2, -0.15) is 0 Å². The first-order chi connectivity index (χ1) is 11.6. The van der Waals surface area contributed by atoms with Gasteiger partial charge >= 0.3 is 161 Å². The van der Waals surface area contributed by atoms with E-state index in [-0.39, 0.29) is 9.76 Å². The van der Waals surface area contributed by atoms with Gasteiger partial charge in [-0.15, -0.1) is 0 Å². The second-order valence-corrected chi connectivity index (χ2v) is 22.0. The summed E-state index contributed by atoms with van der Waals surface area (Å²) >= 11 is -4.23. The van der Waals surface area contributed by atoms with E-state index in [1.54, 1.807) is 0 Å². The van der Waals surface area contributed by atoms with Crippen LogP contribution in [0.4, 0.5) is 0 Å². The second kappa shape index (κ2) is 6.59. The fourth-order valence-corrected chi connectivity index (χ4v) is 17.7. The molecule has 2 aromatic carbocycles. The van der Waals surface area contributed by atoms with Crippen LogP contribution in [0.3, 0.4) is 0 Å². The van der Waals surface area contributed by atoms with Gasteiger partial charge in [-0.05, 0) is 0 Å². The van der Waals surface area contributed by atoms with Crippen LogP contribution in [0, 0.1) is 0 Å². The van der Waals surface area contributed by atoms with Gasteiger partial charge in [0.2, 0.25) is 0 Å². The Hall–Kier alpha value is -0.501. The van der Waals surface area contributed by atoms with E-state index in [2.05, 4.69) is 86.1 Å². The van der Waals surface area contributed by atoms with Crippen molar-refractivity contribution in [3.63, 3.8) is 0 Å². The molecule has 0 bridgehead atoms. The number of fused-ring (bicyclic) bond motifs is 1. The van der Waals surface area contributed by atoms with Crippen LogP contribution in [-0.4, -0.2) is 11.0 Å². The Balaban J connectivity index is 2.14. The molecule has 1 aliphatic carbocycles. The zero-order valence-electron chi connectivity index (χ0n) is 15.3. The van der Waals surface area contributed by atoms with Crippen molar-refractivity contribution in [3.8, 4) is 0 Å². The number of hydrogen-bond donors (Lipinski definition) is 1. The fourth-order valence-electron chi connectivity index (χ4n) is 4.18. The molecule has 0 aliphatic heterocycles. The summed E-state index contributed by atoms with van der Waals surface area (Å²) in [5.74, 6) is 0. The van der Waals surface area contributed by atoms with Crippen molar-refractivity contribution in [2.45, 2.75) is 37.5 Å². The van der Waals surface area contributed by atoms with E-state index in [4.69, 9.17) is 18.6 Å². The van der Waals surface area contributed by atoms with E-state index in [9.17, 15) is 0 Å². The van der Waals surface area contributed by atoms with Crippen LogP contribution in [0.25, 0.3) is 6.08 Å². The Kier molecular flexibility index (Phi) is 5.08. The van der Waals surface area contributed by atoms with Crippen LogP contribution in [-0.2, 0) is 13.2 Å². The second-order valence-electron chi connectivity index (χ2n) is 8.26. The third-order valence-electron chi connectivity index (χ3n) is 4.71. The van der Waals surface area contributed by atoms with Crippen molar-refractivity contribution in [2.24, 2.45) is 0 Å². The quantitative estimate of drug-likeness (QED) is 0.692. The van der Waals surface area contributed by atoms with Gasteiger partial charge in [-0.25, -0.2) is 0 Å². The normalized spacial score (nSPS) is 18.9. The third-order valence-corrected chi connectivity index (χ3v) is 15.0. The first-order valence-electron chi connectivity index (χ1n) is 8.77. The summed E-state index contributed by atoms with van der Waals surface area (Å²) in [6, 6.07) is 18.9. The molecule has 0 heterocycles. The Morgan fingerprint density at radius 1 is 0.960 bits per heavy atom. The van der Waals surface area contributed by atoms with Crippen molar-refractivity contribution < 1.29 is 13.2 Å². The molecule has 3 rings (SSSR count). The number of nitrogens with one attached hydrogen (secondary N) is 1. The van der Waals surface area contributed by atoms with Crippen molar-refractivity contribution in [2.75, 3.05) is 0 Å². The summed E-state index contributed by atoms with van der Waals surface area (Å²) < 4.78 is 3.82. The van der Waals surface area contributed by atoms with E-state index in [1.165, 1.54) is 22.2 Å². The predicted octanol–water partition coefficient (Wildman–Crippen LogP) is 5.12. The van der Waals surface area contributed by atoms with Crippen molar-refractivity contribution >= 4 is 35.6 Å². The molecule has 0 fully saturated rings.